The predicted octanol–water partition coefficient (Wildman–Crippen LogP) is 5.63. The lowest BCUT2D eigenvalue weighted by Gasteiger charge is -2.27. The van der Waals surface area contributed by atoms with Gasteiger partial charge in [-0.3, -0.25) is 4.79 Å². The second-order valence-corrected chi connectivity index (χ2v) is 7.77. The fraction of sp³-hybridized carbons (Fsp3) is 0.583. The van der Waals surface area contributed by atoms with E-state index >= 15 is 0 Å². The highest BCUT2D eigenvalue weighted by Gasteiger charge is 2.28. The van der Waals surface area contributed by atoms with E-state index in [0.29, 0.717) is 5.75 Å². The van der Waals surface area contributed by atoms with Crippen LogP contribution in [0.5, 0.6) is 5.75 Å². The molecule has 1 fully saturated rings. The highest BCUT2D eigenvalue weighted by atomic mass is 16.5. The lowest BCUT2D eigenvalue weighted by atomic mass is 9.87. The molecule has 5 nitrogen and oxygen atoms in total. The van der Waals surface area contributed by atoms with Gasteiger partial charge in [-0.25, -0.2) is 4.79 Å². The molecule has 0 saturated heterocycles. The van der Waals surface area contributed by atoms with Gasteiger partial charge < -0.3 is 14.6 Å². The molecule has 0 spiro atoms. The number of carbonyl (C=O) groups excluding carboxylic acids is 1. The molecule has 1 aromatic rings. The summed E-state index contributed by atoms with van der Waals surface area (Å²) in [6.07, 6.45) is 13.9. The van der Waals surface area contributed by atoms with Crippen molar-refractivity contribution >= 4 is 18.0 Å². The Hall–Kier alpha value is -2.14. The third kappa shape index (κ3) is 9.27. The average molecular weight is 403 g/mol. The number of hydrogen-bond acceptors (Lipinski definition) is 4. The Morgan fingerprint density at radius 2 is 1.66 bits per heavy atom. The van der Waals surface area contributed by atoms with Crippen molar-refractivity contribution in [1.82, 2.24) is 0 Å². The van der Waals surface area contributed by atoms with Crippen LogP contribution in [0.3, 0.4) is 0 Å². The van der Waals surface area contributed by atoms with Gasteiger partial charge in [-0.05, 0) is 55.9 Å². The smallest absolute Gasteiger partial charge is 0.328 e. The van der Waals surface area contributed by atoms with Crippen LogP contribution in [0.25, 0.3) is 6.08 Å². The van der Waals surface area contributed by atoms with Crippen molar-refractivity contribution in [2.75, 3.05) is 6.61 Å². The summed E-state index contributed by atoms with van der Waals surface area (Å²) >= 11 is 0. The number of hydrogen-bond donors (Lipinski definition) is 1. The zero-order valence-electron chi connectivity index (χ0n) is 17.5. The quantitative estimate of drug-likeness (QED) is 0.212. The van der Waals surface area contributed by atoms with Crippen LogP contribution in [0.1, 0.15) is 76.7 Å². The van der Waals surface area contributed by atoms with E-state index in [1.807, 2.05) is 0 Å². The molecule has 1 aliphatic carbocycles. The Morgan fingerprint density at radius 3 is 2.31 bits per heavy atom. The lowest BCUT2D eigenvalue weighted by molar-refractivity contribution is -0.141. The summed E-state index contributed by atoms with van der Waals surface area (Å²) in [6, 6.07) is 6.84. The van der Waals surface area contributed by atoms with Crippen molar-refractivity contribution in [3.05, 3.63) is 35.9 Å². The Kier molecular flexibility index (Phi) is 10.5. The van der Waals surface area contributed by atoms with Gasteiger partial charge in [-0.2, -0.15) is 0 Å². The molecule has 29 heavy (non-hydrogen) atoms. The van der Waals surface area contributed by atoms with E-state index in [0.717, 1.165) is 50.4 Å². The van der Waals surface area contributed by atoms with Crippen molar-refractivity contribution in [1.29, 1.82) is 0 Å². The Morgan fingerprint density at radius 1 is 1.00 bits per heavy atom. The first-order chi connectivity index (χ1) is 14.1. The number of aliphatic carboxylic acids is 1. The normalized spacial score (nSPS) is 19.3. The summed E-state index contributed by atoms with van der Waals surface area (Å²) in [5, 5.41) is 8.65. The lowest BCUT2D eigenvalue weighted by Crippen LogP contribution is -2.29. The molecule has 1 N–H and O–H groups in total. The summed E-state index contributed by atoms with van der Waals surface area (Å²) in [6.45, 7) is 3.06. The zero-order chi connectivity index (χ0) is 20.9. The van der Waals surface area contributed by atoms with Crippen molar-refractivity contribution in [3.8, 4) is 5.75 Å². The summed E-state index contributed by atoms with van der Waals surface area (Å²) < 4.78 is 11.5. The number of ether oxygens (including phenoxy) is 2. The number of rotatable bonds is 12. The molecule has 1 aromatic carbocycles. The molecule has 160 valence electrons. The molecule has 0 aliphatic heterocycles. The van der Waals surface area contributed by atoms with E-state index in [4.69, 9.17) is 14.6 Å². The molecular weight excluding hydrogens is 368 g/mol. The van der Waals surface area contributed by atoms with Crippen molar-refractivity contribution in [3.63, 3.8) is 0 Å². The fourth-order valence-corrected chi connectivity index (χ4v) is 3.61. The molecular formula is C24H34O5. The van der Waals surface area contributed by atoms with Crippen LogP contribution in [-0.4, -0.2) is 29.8 Å². The topological polar surface area (TPSA) is 72.8 Å². The molecule has 5 heteroatoms. The van der Waals surface area contributed by atoms with Crippen LogP contribution in [0, 0.1) is 5.92 Å². The van der Waals surface area contributed by atoms with Gasteiger partial charge in [-0.1, -0.05) is 51.2 Å². The van der Waals surface area contributed by atoms with Gasteiger partial charge in [0.15, 0.2) is 0 Å². The Balaban J connectivity index is 1.63. The number of unbranched alkanes of at least 4 members (excludes halogenated alkanes) is 5. The molecule has 0 bridgehead atoms. The molecule has 0 radical (unpaired) electrons. The Labute approximate surface area is 174 Å². The number of carbonyl (C=O) groups is 2. The van der Waals surface area contributed by atoms with E-state index < -0.39 is 5.97 Å². The maximum atomic E-state index is 12.4. The number of benzene rings is 1. The van der Waals surface area contributed by atoms with Gasteiger partial charge in [0.2, 0.25) is 0 Å². The van der Waals surface area contributed by atoms with Crippen LogP contribution in [0.2, 0.25) is 0 Å². The minimum atomic E-state index is -0.993. The monoisotopic (exact) mass is 402 g/mol. The summed E-state index contributed by atoms with van der Waals surface area (Å²) in [7, 11) is 0. The molecule has 1 saturated carbocycles. The van der Waals surface area contributed by atoms with E-state index in [-0.39, 0.29) is 18.0 Å². The fourth-order valence-electron chi connectivity index (χ4n) is 3.61. The first kappa shape index (κ1) is 23.1. The first-order valence-corrected chi connectivity index (χ1v) is 10.9. The standard InChI is InChI=1S/C24H34O5/c1-2-3-4-5-6-7-18-28-21-15-11-20(12-16-21)24(27)29-22-13-8-19(9-14-22)10-17-23(25)26/h8-10,13-14,17,20-21H,2-7,11-12,15-16,18H2,1H3,(H,25,26)/b17-10+. The maximum absolute atomic E-state index is 12.4. The Bertz CT molecular complexity index is 642. The van der Waals surface area contributed by atoms with Crippen LogP contribution in [-0.2, 0) is 14.3 Å². The first-order valence-electron chi connectivity index (χ1n) is 10.9. The number of carboxylic acids is 1. The highest BCUT2D eigenvalue weighted by Crippen LogP contribution is 2.28. The second-order valence-electron chi connectivity index (χ2n) is 7.77. The number of carboxylic acid groups (broad SMARTS) is 1. The number of esters is 1. The molecule has 0 atom stereocenters. The van der Waals surface area contributed by atoms with Gasteiger partial charge in [0.05, 0.1) is 12.0 Å². The predicted molar refractivity (Wildman–Crippen MR) is 114 cm³/mol. The summed E-state index contributed by atoms with van der Waals surface area (Å²) in [5.74, 6) is -0.764. The SMILES string of the molecule is CCCCCCCCOC1CCC(C(=O)Oc2ccc(/C=C/C(=O)O)cc2)CC1. The molecule has 0 unspecified atom stereocenters. The van der Waals surface area contributed by atoms with Crippen molar-refractivity contribution in [2.24, 2.45) is 5.92 Å². The summed E-state index contributed by atoms with van der Waals surface area (Å²) in [5.41, 5.74) is 0.746. The third-order valence-electron chi connectivity index (χ3n) is 5.38. The van der Waals surface area contributed by atoms with Crippen LogP contribution in [0.15, 0.2) is 30.3 Å². The molecule has 0 amide bonds. The van der Waals surface area contributed by atoms with Crippen LogP contribution >= 0.6 is 0 Å². The van der Waals surface area contributed by atoms with Crippen molar-refractivity contribution < 1.29 is 24.2 Å². The minimum Gasteiger partial charge on any atom is -0.478 e. The summed E-state index contributed by atoms with van der Waals surface area (Å²) in [4.78, 5) is 22.9. The molecule has 0 aromatic heterocycles. The van der Waals surface area contributed by atoms with Gasteiger partial charge in [0.25, 0.3) is 0 Å². The second kappa shape index (κ2) is 13.2. The third-order valence-corrected chi connectivity index (χ3v) is 5.38. The van der Waals surface area contributed by atoms with E-state index in [1.165, 1.54) is 38.2 Å². The zero-order valence-corrected chi connectivity index (χ0v) is 17.5. The van der Waals surface area contributed by atoms with E-state index in [9.17, 15) is 9.59 Å². The molecule has 0 heterocycles. The van der Waals surface area contributed by atoms with Gasteiger partial charge in [0, 0.05) is 12.7 Å². The van der Waals surface area contributed by atoms with Crippen LogP contribution < -0.4 is 4.74 Å². The van der Waals surface area contributed by atoms with E-state index in [2.05, 4.69) is 6.92 Å². The maximum Gasteiger partial charge on any atom is 0.328 e. The van der Waals surface area contributed by atoms with Crippen LogP contribution in [0.4, 0.5) is 0 Å². The van der Waals surface area contributed by atoms with Gasteiger partial charge in [0.1, 0.15) is 5.75 Å². The highest BCUT2D eigenvalue weighted by molar-refractivity contribution is 5.85. The minimum absolute atomic E-state index is 0.0736. The largest absolute Gasteiger partial charge is 0.478 e. The van der Waals surface area contributed by atoms with Gasteiger partial charge >= 0.3 is 11.9 Å². The van der Waals surface area contributed by atoms with Crippen molar-refractivity contribution in [2.45, 2.75) is 77.2 Å². The van der Waals surface area contributed by atoms with Gasteiger partial charge in [-0.15, -0.1) is 0 Å². The molecule has 2 rings (SSSR count). The average Bonchev–Trinajstić information content (AvgIpc) is 2.73. The molecule has 1 aliphatic rings. The van der Waals surface area contributed by atoms with E-state index in [1.54, 1.807) is 24.3 Å².